The van der Waals surface area contributed by atoms with Crippen molar-refractivity contribution in [3.05, 3.63) is 69.7 Å². The Kier molecular flexibility index (Phi) is 4.57. The zero-order valence-electron chi connectivity index (χ0n) is 11.5. The Morgan fingerprint density at radius 1 is 1.10 bits per heavy atom. The number of halogens is 1. The van der Waals surface area contributed by atoms with Gasteiger partial charge in [-0.1, -0.05) is 40.2 Å². The Morgan fingerprint density at radius 3 is 2.30 bits per heavy atom. The average molecular weight is 333 g/mol. The van der Waals surface area contributed by atoms with E-state index >= 15 is 0 Å². The van der Waals surface area contributed by atoms with Gasteiger partial charge in [0, 0.05) is 24.1 Å². The SMILES string of the molecule is CN(C)C(=O)c1ccc(C(N)c2cccc(Br)c2)cc1. The van der Waals surface area contributed by atoms with Crippen molar-refractivity contribution in [1.82, 2.24) is 4.90 Å². The number of nitrogens with two attached hydrogens (primary N) is 1. The van der Waals surface area contributed by atoms with Crippen LogP contribution in [0.4, 0.5) is 0 Å². The van der Waals surface area contributed by atoms with Crippen molar-refractivity contribution in [2.24, 2.45) is 5.73 Å². The van der Waals surface area contributed by atoms with Crippen LogP contribution in [0.25, 0.3) is 0 Å². The minimum absolute atomic E-state index is 0.00687. The predicted molar refractivity (Wildman–Crippen MR) is 84.6 cm³/mol. The molecule has 1 unspecified atom stereocenters. The number of hydrogen-bond acceptors (Lipinski definition) is 2. The van der Waals surface area contributed by atoms with E-state index in [-0.39, 0.29) is 11.9 Å². The van der Waals surface area contributed by atoms with Gasteiger partial charge in [-0.15, -0.1) is 0 Å². The van der Waals surface area contributed by atoms with Crippen molar-refractivity contribution < 1.29 is 4.79 Å². The zero-order valence-corrected chi connectivity index (χ0v) is 13.1. The Bertz CT molecular complexity index is 608. The van der Waals surface area contributed by atoms with Crippen molar-refractivity contribution >= 4 is 21.8 Å². The molecule has 0 saturated carbocycles. The van der Waals surface area contributed by atoms with Gasteiger partial charge in [-0.3, -0.25) is 4.79 Å². The van der Waals surface area contributed by atoms with E-state index in [4.69, 9.17) is 5.73 Å². The van der Waals surface area contributed by atoms with Crippen LogP contribution >= 0.6 is 15.9 Å². The molecule has 20 heavy (non-hydrogen) atoms. The minimum atomic E-state index is -0.198. The number of nitrogens with zero attached hydrogens (tertiary/aromatic N) is 1. The third-order valence-corrected chi connectivity index (χ3v) is 3.62. The summed E-state index contributed by atoms with van der Waals surface area (Å²) >= 11 is 3.44. The monoisotopic (exact) mass is 332 g/mol. The van der Waals surface area contributed by atoms with Gasteiger partial charge in [0.25, 0.3) is 5.91 Å². The highest BCUT2D eigenvalue weighted by molar-refractivity contribution is 9.10. The van der Waals surface area contributed by atoms with Crippen molar-refractivity contribution in [3.63, 3.8) is 0 Å². The summed E-state index contributed by atoms with van der Waals surface area (Å²) in [7, 11) is 3.48. The maximum absolute atomic E-state index is 11.8. The molecule has 2 rings (SSSR count). The second-order valence-electron chi connectivity index (χ2n) is 4.85. The first-order valence-corrected chi connectivity index (χ1v) is 7.11. The molecule has 0 aliphatic rings. The number of hydrogen-bond donors (Lipinski definition) is 1. The van der Waals surface area contributed by atoms with Gasteiger partial charge in [0.1, 0.15) is 0 Å². The maximum Gasteiger partial charge on any atom is 0.253 e. The van der Waals surface area contributed by atoms with Gasteiger partial charge >= 0.3 is 0 Å². The molecule has 0 bridgehead atoms. The van der Waals surface area contributed by atoms with Crippen LogP contribution in [0.5, 0.6) is 0 Å². The summed E-state index contributed by atoms with van der Waals surface area (Å²) in [6.07, 6.45) is 0. The second-order valence-corrected chi connectivity index (χ2v) is 5.77. The van der Waals surface area contributed by atoms with E-state index in [0.29, 0.717) is 5.56 Å². The quantitative estimate of drug-likeness (QED) is 0.938. The highest BCUT2D eigenvalue weighted by Crippen LogP contribution is 2.22. The largest absolute Gasteiger partial charge is 0.345 e. The minimum Gasteiger partial charge on any atom is -0.345 e. The van der Waals surface area contributed by atoms with Gasteiger partial charge in [-0.25, -0.2) is 0 Å². The van der Waals surface area contributed by atoms with Crippen LogP contribution in [-0.4, -0.2) is 24.9 Å². The summed E-state index contributed by atoms with van der Waals surface area (Å²) in [5.74, 6) is -0.00687. The molecule has 0 saturated heterocycles. The normalized spacial score (nSPS) is 12.0. The lowest BCUT2D eigenvalue weighted by molar-refractivity contribution is 0.0827. The molecule has 2 aromatic carbocycles. The summed E-state index contributed by atoms with van der Waals surface area (Å²) in [6.45, 7) is 0. The fourth-order valence-electron chi connectivity index (χ4n) is 1.98. The Morgan fingerprint density at radius 2 is 1.75 bits per heavy atom. The number of carbonyl (C=O) groups is 1. The smallest absolute Gasteiger partial charge is 0.253 e. The summed E-state index contributed by atoms with van der Waals surface area (Å²) in [5.41, 5.74) is 8.94. The lowest BCUT2D eigenvalue weighted by atomic mass is 9.98. The number of carbonyl (C=O) groups excluding carboxylic acids is 1. The summed E-state index contributed by atoms with van der Waals surface area (Å²) in [4.78, 5) is 13.4. The molecule has 2 N–H and O–H groups in total. The molecule has 104 valence electrons. The highest BCUT2D eigenvalue weighted by Gasteiger charge is 2.11. The molecule has 0 aromatic heterocycles. The first kappa shape index (κ1) is 14.8. The molecular formula is C16H17BrN2O. The lowest BCUT2D eigenvalue weighted by Crippen LogP contribution is -2.21. The molecule has 0 aliphatic carbocycles. The van der Waals surface area contributed by atoms with E-state index < -0.39 is 0 Å². The molecule has 0 aliphatic heterocycles. The Labute approximate surface area is 127 Å². The molecular weight excluding hydrogens is 316 g/mol. The van der Waals surface area contributed by atoms with E-state index in [1.165, 1.54) is 0 Å². The van der Waals surface area contributed by atoms with Gasteiger partial charge in [0.2, 0.25) is 0 Å². The second kappa shape index (κ2) is 6.20. The first-order valence-electron chi connectivity index (χ1n) is 6.31. The van der Waals surface area contributed by atoms with Crippen molar-refractivity contribution in [2.45, 2.75) is 6.04 Å². The van der Waals surface area contributed by atoms with Crippen LogP contribution in [0.3, 0.4) is 0 Å². The van der Waals surface area contributed by atoms with E-state index in [9.17, 15) is 4.79 Å². The zero-order chi connectivity index (χ0) is 14.7. The van der Waals surface area contributed by atoms with Gasteiger partial charge in [-0.05, 0) is 35.4 Å². The molecule has 2 aromatic rings. The van der Waals surface area contributed by atoms with Crippen molar-refractivity contribution in [1.29, 1.82) is 0 Å². The van der Waals surface area contributed by atoms with Crippen LogP contribution in [-0.2, 0) is 0 Å². The molecule has 3 nitrogen and oxygen atoms in total. The van der Waals surface area contributed by atoms with E-state index in [2.05, 4.69) is 15.9 Å². The third kappa shape index (κ3) is 3.26. The fourth-order valence-corrected chi connectivity index (χ4v) is 2.40. The molecule has 1 amide bonds. The van der Waals surface area contributed by atoms with Crippen molar-refractivity contribution in [3.8, 4) is 0 Å². The fraction of sp³-hybridized carbons (Fsp3) is 0.188. The van der Waals surface area contributed by atoms with E-state index in [1.54, 1.807) is 19.0 Å². The van der Waals surface area contributed by atoms with Gasteiger partial charge < -0.3 is 10.6 Å². The topological polar surface area (TPSA) is 46.3 Å². The van der Waals surface area contributed by atoms with Gasteiger partial charge in [0.05, 0.1) is 6.04 Å². The number of amides is 1. The van der Waals surface area contributed by atoms with E-state index in [1.807, 2.05) is 48.5 Å². The molecule has 0 heterocycles. The predicted octanol–water partition coefficient (Wildman–Crippen LogP) is 3.20. The van der Waals surface area contributed by atoms with Gasteiger partial charge in [-0.2, -0.15) is 0 Å². The van der Waals surface area contributed by atoms with Gasteiger partial charge in [0.15, 0.2) is 0 Å². The third-order valence-electron chi connectivity index (χ3n) is 3.13. The molecule has 0 radical (unpaired) electrons. The van der Waals surface area contributed by atoms with Crippen LogP contribution in [0, 0.1) is 0 Å². The average Bonchev–Trinajstić information content (AvgIpc) is 2.46. The van der Waals surface area contributed by atoms with E-state index in [0.717, 1.165) is 15.6 Å². The Hall–Kier alpha value is -1.65. The molecule has 0 fully saturated rings. The molecule has 1 atom stereocenters. The first-order chi connectivity index (χ1) is 9.49. The van der Waals surface area contributed by atoms with Crippen molar-refractivity contribution in [2.75, 3.05) is 14.1 Å². The molecule has 0 spiro atoms. The van der Waals surface area contributed by atoms with Crippen LogP contribution in [0.15, 0.2) is 53.0 Å². The number of rotatable bonds is 3. The van der Waals surface area contributed by atoms with Crippen LogP contribution in [0.1, 0.15) is 27.5 Å². The summed E-state index contributed by atoms with van der Waals surface area (Å²) < 4.78 is 1.00. The summed E-state index contributed by atoms with van der Waals surface area (Å²) in [6, 6.07) is 15.2. The standard InChI is InChI=1S/C16H17BrN2O/c1-19(2)16(20)12-8-6-11(7-9-12)15(18)13-4-3-5-14(17)10-13/h3-10,15H,18H2,1-2H3. The lowest BCUT2D eigenvalue weighted by Gasteiger charge is -2.14. The summed E-state index contributed by atoms with van der Waals surface area (Å²) in [5, 5.41) is 0. The van der Waals surface area contributed by atoms with Crippen LogP contribution in [0.2, 0.25) is 0 Å². The number of benzene rings is 2. The maximum atomic E-state index is 11.8. The Balaban J connectivity index is 2.24. The van der Waals surface area contributed by atoms with Crippen LogP contribution < -0.4 is 5.73 Å². The molecule has 4 heteroatoms. The highest BCUT2D eigenvalue weighted by atomic mass is 79.9.